The molecule has 8 nitrogen and oxygen atoms in total. The lowest BCUT2D eigenvalue weighted by atomic mass is 9.74. The number of rotatable bonds is 6. The Hall–Kier alpha value is -2.29. The number of ketones is 2. The second-order valence-electron chi connectivity index (χ2n) is 7.99. The summed E-state index contributed by atoms with van der Waals surface area (Å²) in [6.45, 7) is 6.73. The van der Waals surface area contributed by atoms with Gasteiger partial charge in [0.05, 0.1) is 27.4 Å². The molecule has 1 aromatic rings. The number of nitrogens with one attached hydrogen (secondary N) is 1. The molecule has 1 aliphatic carbocycles. The zero-order valence-electron chi connectivity index (χ0n) is 18.0. The molecule has 4 rings (SSSR count). The van der Waals surface area contributed by atoms with Crippen molar-refractivity contribution in [3.8, 4) is 17.2 Å². The highest BCUT2D eigenvalue weighted by molar-refractivity contribution is 6.36. The minimum Gasteiger partial charge on any atom is -0.496 e. The summed E-state index contributed by atoms with van der Waals surface area (Å²) in [5, 5.41) is 3.50. The highest BCUT2D eigenvalue weighted by Crippen LogP contribution is 2.52. The quantitative estimate of drug-likeness (QED) is 0.659. The van der Waals surface area contributed by atoms with E-state index in [0.29, 0.717) is 18.7 Å². The molecule has 0 saturated carbocycles. The summed E-state index contributed by atoms with van der Waals surface area (Å²) in [5.41, 5.74) is -0.647. The van der Waals surface area contributed by atoms with Crippen LogP contribution in [0.1, 0.15) is 23.7 Å². The van der Waals surface area contributed by atoms with Gasteiger partial charge in [0.25, 0.3) is 0 Å². The van der Waals surface area contributed by atoms with Gasteiger partial charge in [-0.2, -0.15) is 0 Å². The van der Waals surface area contributed by atoms with Gasteiger partial charge in [-0.1, -0.05) is 18.5 Å². The van der Waals surface area contributed by atoms with Crippen molar-refractivity contribution in [3.05, 3.63) is 28.4 Å². The van der Waals surface area contributed by atoms with E-state index in [1.54, 1.807) is 0 Å². The van der Waals surface area contributed by atoms with Gasteiger partial charge in [0, 0.05) is 49.9 Å². The third kappa shape index (κ3) is 3.66. The number of benzene rings is 1. The van der Waals surface area contributed by atoms with E-state index in [1.165, 1.54) is 26.4 Å². The smallest absolute Gasteiger partial charge is 0.236 e. The second-order valence-corrected chi connectivity index (χ2v) is 8.36. The fourth-order valence-electron chi connectivity index (χ4n) is 4.45. The first-order chi connectivity index (χ1) is 14.9. The zero-order chi connectivity index (χ0) is 22.2. The SMILES string of the molecule is COc1cc(OC)c2c(c1Cl)OC1(C(=O)C=C(NCCN3CCOCC3)CC1C)C2=O. The lowest BCUT2D eigenvalue weighted by molar-refractivity contribution is -0.129. The number of morpholine rings is 1. The van der Waals surface area contributed by atoms with Gasteiger partial charge in [-0.15, -0.1) is 0 Å². The zero-order valence-corrected chi connectivity index (χ0v) is 18.7. The predicted molar refractivity (Wildman–Crippen MR) is 114 cm³/mol. The Balaban J connectivity index is 1.55. The van der Waals surface area contributed by atoms with E-state index in [2.05, 4.69) is 10.2 Å². The first-order valence-electron chi connectivity index (χ1n) is 10.4. The molecule has 2 aliphatic heterocycles. The Morgan fingerprint density at radius 3 is 2.58 bits per heavy atom. The number of hydrogen-bond acceptors (Lipinski definition) is 8. The second kappa shape index (κ2) is 8.68. The summed E-state index contributed by atoms with van der Waals surface area (Å²) in [4.78, 5) is 29.0. The molecular formula is C22H27ClN2O6. The molecule has 0 aromatic heterocycles. The Morgan fingerprint density at radius 1 is 1.23 bits per heavy atom. The topological polar surface area (TPSA) is 86.3 Å². The summed E-state index contributed by atoms with van der Waals surface area (Å²) in [6, 6.07) is 1.54. The monoisotopic (exact) mass is 450 g/mol. The molecule has 1 spiro atoms. The number of halogens is 1. The molecule has 0 radical (unpaired) electrons. The Bertz CT molecular complexity index is 927. The summed E-state index contributed by atoms with van der Waals surface area (Å²) in [6.07, 6.45) is 1.99. The highest BCUT2D eigenvalue weighted by atomic mass is 35.5. The van der Waals surface area contributed by atoms with Crippen LogP contribution >= 0.6 is 11.6 Å². The van der Waals surface area contributed by atoms with E-state index in [9.17, 15) is 9.59 Å². The fourth-order valence-corrected chi connectivity index (χ4v) is 4.72. The molecule has 9 heteroatoms. The van der Waals surface area contributed by atoms with E-state index in [4.69, 9.17) is 30.5 Å². The number of carbonyl (C=O) groups excluding carboxylic acids is 2. The van der Waals surface area contributed by atoms with Crippen molar-refractivity contribution in [1.82, 2.24) is 10.2 Å². The summed E-state index contributed by atoms with van der Waals surface area (Å²) in [5.74, 6) is -0.471. The molecule has 1 saturated heterocycles. The third-order valence-corrected chi connectivity index (χ3v) is 6.55. The Labute approximate surface area is 186 Å². The maximum Gasteiger partial charge on any atom is 0.236 e. The van der Waals surface area contributed by atoms with Crippen LogP contribution in [0.4, 0.5) is 0 Å². The molecule has 31 heavy (non-hydrogen) atoms. The van der Waals surface area contributed by atoms with Crippen molar-refractivity contribution in [2.45, 2.75) is 18.9 Å². The van der Waals surface area contributed by atoms with Crippen LogP contribution in [0.2, 0.25) is 5.02 Å². The molecule has 168 valence electrons. The van der Waals surface area contributed by atoms with Crippen LogP contribution in [0.15, 0.2) is 17.8 Å². The summed E-state index contributed by atoms with van der Waals surface area (Å²) in [7, 11) is 2.91. The number of carbonyl (C=O) groups is 2. The van der Waals surface area contributed by atoms with Crippen LogP contribution in [0.25, 0.3) is 0 Å². The summed E-state index contributed by atoms with van der Waals surface area (Å²) >= 11 is 6.41. The van der Waals surface area contributed by atoms with Gasteiger partial charge in [0.2, 0.25) is 17.2 Å². The molecule has 1 fully saturated rings. The van der Waals surface area contributed by atoms with Crippen LogP contribution < -0.4 is 19.5 Å². The van der Waals surface area contributed by atoms with Crippen LogP contribution in [0, 0.1) is 5.92 Å². The molecular weight excluding hydrogens is 424 g/mol. The lowest BCUT2D eigenvalue weighted by Gasteiger charge is -2.35. The summed E-state index contributed by atoms with van der Waals surface area (Å²) < 4.78 is 22.1. The lowest BCUT2D eigenvalue weighted by Crippen LogP contribution is -2.55. The average Bonchev–Trinajstić information content (AvgIpc) is 3.08. The van der Waals surface area contributed by atoms with Gasteiger partial charge >= 0.3 is 0 Å². The van der Waals surface area contributed by atoms with Crippen molar-refractivity contribution >= 4 is 23.2 Å². The maximum atomic E-state index is 13.5. The van der Waals surface area contributed by atoms with Crippen LogP contribution in [-0.4, -0.2) is 75.7 Å². The van der Waals surface area contributed by atoms with Crippen molar-refractivity contribution in [1.29, 1.82) is 0 Å². The van der Waals surface area contributed by atoms with E-state index in [0.717, 1.165) is 38.5 Å². The van der Waals surface area contributed by atoms with Crippen LogP contribution in [0.3, 0.4) is 0 Å². The van der Waals surface area contributed by atoms with Crippen LogP contribution in [-0.2, 0) is 9.53 Å². The Morgan fingerprint density at radius 2 is 1.94 bits per heavy atom. The van der Waals surface area contributed by atoms with Gasteiger partial charge in [-0.25, -0.2) is 0 Å². The standard InChI is InChI=1S/C22H27ClN2O6/c1-13-10-14(24-4-5-25-6-8-30-9-7-25)11-17(26)22(13)21(27)18-15(28-2)12-16(29-3)19(23)20(18)31-22/h11-13,24H,4-10H2,1-3H3. The molecule has 1 aromatic carbocycles. The first-order valence-corrected chi connectivity index (χ1v) is 10.8. The molecule has 2 heterocycles. The van der Waals surface area contributed by atoms with Gasteiger partial charge < -0.3 is 24.3 Å². The first kappa shape index (κ1) is 21.9. The van der Waals surface area contributed by atoms with Crippen molar-refractivity contribution < 1.29 is 28.5 Å². The number of nitrogens with zero attached hydrogens (tertiary/aromatic N) is 1. The minimum atomic E-state index is -1.64. The molecule has 2 unspecified atom stereocenters. The number of hydrogen-bond donors (Lipinski definition) is 1. The van der Waals surface area contributed by atoms with Crippen molar-refractivity contribution in [2.75, 3.05) is 53.6 Å². The van der Waals surface area contributed by atoms with E-state index < -0.39 is 17.2 Å². The molecule has 2 atom stereocenters. The molecule has 1 N–H and O–H groups in total. The van der Waals surface area contributed by atoms with Gasteiger partial charge in [0.15, 0.2) is 5.75 Å². The van der Waals surface area contributed by atoms with Crippen LogP contribution in [0.5, 0.6) is 17.2 Å². The third-order valence-electron chi connectivity index (χ3n) is 6.19. The predicted octanol–water partition coefficient (Wildman–Crippen LogP) is 2.09. The fraction of sp³-hybridized carbons (Fsp3) is 0.545. The molecule has 0 bridgehead atoms. The minimum absolute atomic E-state index is 0.139. The Kier molecular flexibility index (Phi) is 6.14. The number of allylic oxidation sites excluding steroid dienone is 1. The number of Topliss-reactive ketones (excluding diaryl/α,β-unsaturated/α-hetero) is 1. The highest BCUT2D eigenvalue weighted by Gasteiger charge is 2.60. The largest absolute Gasteiger partial charge is 0.496 e. The normalized spacial score (nSPS) is 25.8. The van der Waals surface area contributed by atoms with Gasteiger partial charge in [0.1, 0.15) is 22.1 Å². The van der Waals surface area contributed by atoms with Crippen molar-refractivity contribution in [2.24, 2.45) is 5.92 Å². The molecule has 0 amide bonds. The average molecular weight is 451 g/mol. The number of fused-ring (bicyclic) bond motifs is 1. The van der Waals surface area contributed by atoms with Gasteiger partial charge in [-0.05, 0) is 6.42 Å². The maximum absolute atomic E-state index is 13.5. The van der Waals surface area contributed by atoms with Crippen molar-refractivity contribution in [3.63, 3.8) is 0 Å². The van der Waals surface area contributed by atoms with Gasteiger partial charge in [-0.3, -0.25) is 14.5 Å². The molecule has 3 aliphatic rings. The number of ether oxygens (including phenoxy) is 4. The van der Waals surface area contributed by atoms with E-state index in [1.807, 2.05) is 6.92 Å². The number of methoxy groups -OCH3 is 2. The van der Waals surface area contributed by atoms with E-state index in [-0.39, 0.29) is 28.0 Å². The van der Waals surface area contributed by atoms with E-state index >= 15 is 0 Å².